The highest BCUT2D eigenvalue weighted by Crippen LogP contribution is 2.22. The van der Waals surface area contributed by atoms with E-state index in [0.717, 1.165) is 11.6 Å². The number of aromatic nitrogens is 2. The molecule has 1 aromatic heterocycles. The van der Waals surface area contributed by atoms with Crippen LogP contribution in [-0.2, 0) is 7.05 Å². The zero-order chi connectivity index (χ0) is 12.4. The monoisotopic (exact) mass is 237 g/mol. The van der Waals surface area contributed by atoms with Crippen molar-refractivity contribution in [2.24, 2.45) is 7.05 Å². The Hall–Kier alpha value is -1.75. The highest BCUT2D eigenvalue weighted by molar-refractivity contribution is 5.29. The van der Waals surface area contributed by atoms with Crippen LogP contribution in [0.15, 0.2) is 30.6 Å². The molecule has 0 aliphatic rings. The number of hydrogen-bond acceptors (Lipinski definition) is 2. The summed E-state index contributed by atoms with van der Waals surface area (Å²) in [5.74, 6) is -1.68. The van der Waals surface area contributed by atoms with Crippen molar-refractivity contribution in [1.29, 1.82) is 0 Å². The number of nitrogens with zero attached hydrogens (tertiary/aromatic N) is 2. The molecule has 90 valence electrons. The molecule has 17 heavy (non-hydrogen) atoms. The highest BCUT2D eigenvalue weighted by Gasteiger charge is 2.15. The van der Waals surface area contributed by atoms with E-state index in [0.29, 0.717) is 5.56 Å². The zero-order valence-corrected chi connectivity index (χ0v) is 9.61. The molecule has 1 atom stereocenters. The Labute approximate surface area is 98.1 Å². The first kappa shape index (κ1) is 11.7. The Morgan fingerprint density at radius 3 is 2.53 bits per heavy atom. The number of benzene rings is 1. The molecular formula is C12H13F2N3. The lowest BCUT2D eigenvalue weighted by atomic mass is 10.0. The summed E-state index contributed by atoms with van der Waals surface area (Å²) < 4.78 is 27.7. The maximum atomic E-state index is 13.2. The van der Waals surface area contributed by atoms with Gasteiger partial charge in [0.1, 0.15) is 0 Å². The minimum absolute atomic E-state index is 0.196. The van der Waals surface area contributed by atoms with Crippen molar-refractivity contribution < 1.29 is 8.78 Å². The predicted molar refractivity (Wildman–Crippen MR) is 60.5 cm³/mol. The van der Waals surface area contributed by atoms with Crippen LogP contribution in [0.3, 0.4) is 0 Å². The fraction of sp³-hybridized carbons (Fsp3) is 0.250. The first-order chi connectivity index (χ1) is 8.11. The van der Waals surface area contributed by atoms with E-state index in [1.54, 1.807) is 24.0 Å². The smallest absolute Gasteiger partial charge is 0.159 e. The van der Waals surface area contributed by atoms with Crippen LogP contribution in [0.5, 0.6) is 0 Å². The van der Waals surface area contributed by atoms with Gasteiger partial charge >= 0.3 is 0 Å². The van der Waals surface area contributed by atoms with Crippen molar-refractivity contribution >= 4 is 0 Å². The molecule has 1 aromatic carbocycles. The molecule has 0 aliphatic carbocycles. The number of aryl methyl sites for hydroxylation is 1. The molecule has 2 rings (SSSR count). The summed E-state index contributed by atoms with van der Waals surface area (Å²) in [5.41, 5.74) is 1.57. The van der Waals surface area contributed by atoms with E-state index in [1.807, 2.05) is 13.2 Å². The van der Waals surface area contributed by atoms with E-state index < -0.39 is 11.6 Å². The molecule has 0 radical (unpaired) electrons. The second-order valence-corrected chi connectivity index (χ2v) is 3.84. The van der Waals surface area contributed by atoms with Crippen molar-refractivity contribution in [1.82, 2.24) is 15.1 Å². The summed E-state index contributed by atoms with van der Waals surface area (Å²) >= 11 is 0. The van der Waals surface area contributed by atoms with Gasteiger partial charge in [-0.05, 0) is 24.7 Å². The third kappa shape index (κ3) is 2.34. The Morgan fingerprint density at radius 1 is 1.24 bits per heavy atom. The average molecular weight is 237 g/mol. The van der Waals surface area contributed by atoms with Crippen LogP contribution >= 0.6 is 0 Å². The molecule has 1 heterocycles. The Kier molecular flexibility index (Phi) is 3.19. The van der Waals surface area contributed by atoms with Crippen LogP contribution < -0.4 is 5.32 Å². The first-order valence-corrected chi connectivity index (χ1v) is 5.22. The maximum absolute atomic E-state index is 13.2. The van der Waals surface area contributed by atoms with Gasteiger partial charge in [-0.25, -0.2) is 8.78 Å². The van der Waals surface area contributed by atoms with E-state index in [2.05, 4.69) is 10.4 Å². The van der Waals surface area contributed by atoms with Crippen molar-refractivity contribution in [3.8, 4) is 0 Å². The fourth-order valence-electron chi connectivity index (χ4n) is 1.81. The van der Waals surface area contributed by atoms with Gasteiger partial charge in [0.15, 0.2) is 11.6 Å². The van der Waals surface area contributed by atoms with Crippen LogP contribution in [0.25, 0.3) is 0 Å². The molecule has 0 fully saturated rings. The Morgan fingerprint density at radius 2 is 2.00 bits per heavy atom. The summed E-state index contributed by atoms with van der Waals surface area (Å²) in [4.78, 5) is 0. The topological polar surface area (TPSA) is 29.9 Å². The molecule has 0 spiro atoms. The van der Waals surface area contributed by atoms with Gasteiger partial charge in [0.25, 0.3) is 0 Å². The predicted octanol–water partition coefficient (Wildman–Crippen LogP) is 2.01. The second kappa shape index (κ2) is 4.63. The quantitative estimate of drug-likeness (QED) is 0.885. The SMILES string of the molecule is CNC(c1ccc(F)c(F)c1)c1cnn(C)c1. The van der Waals surface area contributed by atoms with Gasteiger partial charge in [-0.3, -0.25) is 4.68 Å². The van der Waals surface area contributed by atoms with Gasteiger partial charge in [0, 0.05) is 18.8 Å². The van der Waals surface area contributed by atoms with Crippen molar-refractivity contribution in [2.45, 2.75) is 6.04 Å². The zero-order valence-electron chi connectivity index (χ0n) is 9.61. The lowest BCUT2D eigenvalue weighted by Gasteiger charge is -2.15. The normalized spacial score (nSPS) is 12.7. The molecule has 1 unspecified atom stereocenters. The minimum Gasteiger partial charge on any atom is -0.309 e. The van der Waals surface area contributed by atoms with Crippen LogP contribution in [0, 0.1) is 11.6 Å². The molecule has 0 saturated heterocycles. The molecule has 0 amide bonds. The third-order valence-corrected chi connectivity index (χ3v) is 2.62. The van der Waals surface area contributed by atoms with E-state index in [4.69, 9.17) is 0 Å². The molecule has 0 aliphatic heterocycles. The van der Waals surface area contributed by atoms with Gasteiger partial charge in [-0.15, -0.1) is 0 Å². The van der Waals surface area contributed by atoms with Gasteiger partial charge < -0.3 is 5.32 Å². The van der Waals surface area contributed by atoms with E-state index in [1.165, 1.54) is 6.07 Å². The number of rotatable bonds is 3. The van der Waals surface area contributed by atoms with Crippen molar-refractivity contribution in [3.63, 3.8) is 0 Å². The standard InChI is InChI=1S/C12H13F2N3/c1-15-12(9-6-16-17(2)7-9)8-3-4-10(13)11(14)5-8/h3-7,12,15H,1-2H3. The second-order valence-electron chi connectivity index (χ2n) is 3.84. The first-order valence-electron chi connectivity index (χ1n) is 5.22. The Balaban J connectivity index is 2.38. The summed E-state index contributed by atoms with van der Waals surface area (Å²) in [6.45, 7) is 0. The molecule has 0 bridgehead atoms. The molecule has 2 aromatic rings. The van der Waals surface area contributed by atoms with Gasteiger partial charge in [-0.2, -0.15) is 5.10 Å². The van der Waals surface area contributed by atoms with Crippen LogP contribution in [0.1, 0.15) is 17.2 Å². The molecule has 1 N–H and O–H groups in total. The highest BCUT2D eigenvalue weighted by atomic mass is 19.2. The Bertz CT molecular complexity index is 522. The molecule has 0 saturated carbocycles. The average Bonchev–Trinajstić information content (AvgIpc) is 2.71. The molecular weight excluding hydrogens is 224 g/mol. The summed E-state index contributed by atoms with van der Waals surface area (Å²) in [6.07, 6.45) is 3.53. The number of nitrogens with one attached hydrogen (secondary N) is 1. The lowest BCUT2D eigenvalue weighted by Crippen LogP contribution is -2.17. The molecule has 3 nitrogen and oxygen atoms in total. The molecule has 5 heteroatoms. The van der Waals surface area contributed by atoms with Gasteiger partial charge in [0.2, 0.25) is 0 Å². The van der Waals surface area contributed by atoms with E-state index in [-0.39, 0.29) is 6.04 Å². The van der Waals surface area contributed by atoms with Gasteiger partial charge in [-0.1, -0.05) is 6.07 Å². The summed E-state index contributed by atoms with van der Waals surface area (Å²) in [5, 5.41) is 7.11. The van der Waals surface area contributed by atoms with Crippen molar-refractivity contribution in [2.75, 3.05) is 7.05 Å². The van der Waals surface area contributed by atoms with Crippen LogP contribution in [0.2, 0.25) is 0 Å². The van der Waals surface area contributed by atoms with Crippen LogP contribution in [-0.4, -0.2) is 16.8 Å². The van der Waals surface area contributed by atoms with Crippen molar-refractivity contribution in [3.05, 3.63) is 53.4 Å². The fourth-order valence-corrected chi connectivity index (χ4v) is 1.81. The van der Waals surface area contributed by atoms with E-state index in [9.17, 15) is 8.78 Å². The van der Waals surface area contributed by atoms with Crippen LogP contribution in [0.4, 0.5) is 8.78 Å². The lowest BCUT2D eigenvalue weighted by molar-refractivity contribution is 0.505. The number of halogens is 2. The minimum atomic E-state index is -0.841. The number of hydrogen-bond donors (Lipinski definition) is 1. The summed E-state index contributed by atoms with van der Waals surface area (Å²) in [7, 11) is 3.57. The third-order valence-electron chi connectivity index (χ3n) is 2.62. The van der Waals surface area contributed by atoms with Gasteiger partial charge in [0.05, 0.1) is 12.2 Å². The van der Waals surface area contributed by atoms with E-state index >= 15 is 0 Å². The largest absolute Gasteiger partial charge is 0.309 e. The summed E-state index contributed by atoms with van der Waals surface area (Å²) in [6, 6.07) is 3.69. The maximum Gasteiger partial charge on any atom is 0.159 e.